The highest BCUT2D eigenvalue weighted by Gasteiger charge is 2.51. The summed E-state index contributed by atoms with van der Waals surface area (Å²) in [5.74, 6) is -0.508. The highest BCUT2D eigenvalue weighted by molar-refractivity contribution is 6.34. The number of rotatable bonds is 1. The molecule has 5 nitrogen and oxygen atoms in total. The molecule has 0 spiro atoms. The van der Waals surface area contributed by atoms with Gasteiger partial charge < -0.3 is 10.6 Å². The van der Waals surface area contributed by atoms with E-state index >= 15 is 0 Å². The quantitative estimate of drug-likeness (QED) is 0.602. The van der Waals surface area contributed by atoms with Crippen molar-refractivity contribution in [3.8, 4) is 0 Å². The summed E-state index contributed by atoms with van der Waals surface area (Å²) in [6.07, 6.45) is 2.59. The van der Waals surface area contributed by atoms with E-state index in [1.165, 1.54) is 10.6 Å². The van der Waals surface area contributed by atoms with Crippen LogP contribution in [0.2, 0.25) is 0 Å². The molecule has 2 fully saturated rings. The number of hydrogen-bond acceptors (Lipinski definition) is 4. The molecule has 1 aromatic rings. The Labute approximate surface area is 117 Å². The van der Waals surface area contributed by atoms with Crippen LogP contribution in [0.5, 0.6) is 0 Å². The van der Waals surface area contributed by atoms with Crippen molar-refractivity contribution in [2.24, 2.45) is 11.7 Å². The summed E-state index contributed by atoms with van der Waals surface area (Å²) >= 11 is 0. The zero-order valence-corrected chi connectivity index (χ0v) is 11.2. The first kappa shape index (κ1) is 11.9. The molecule has 2 N–H and O–H groups in total. The molecule has 0 saturated carbocycles. The molecule has 5 heteroatoms. The van der Waals surface area contributed by atoms with Crippen molar-refractivity contribution in [1.82, 2.24) is 0 Å². The topological polar surface area (TPSA) is 66.6 Å². The minimum absolute atomic E-state index is 0.0424. The van der Waals surface area contributed by atoms with Crippen LogP contribution in [0.15, 0.2) is 18.2 Å². The summed E-state index contributed by atoms with van der Waals surface area (Å²) in [5, 5.41) is 0. The lowest BCUT2D eigenvalue weighted by molar-refractivity contribution is -0.143. The lowest BCUT2D eigenvalue weighted by Crippen LogP contribution is -2.61. The summed E-state index contributed by atoms with van der Waals surface area (Å²) < 4.78 is 0. The standard InChI is InChI=1S/C15H17N3O2/c16-10-3-5-17(6-4-10)11-1-2-13-9(7-11)8-12-14(19)18(13)15(12)20/h1-2,7,10,12H,3-6,8,16H2. The fourth-order valence-corrected chi connectivity index (χ4v) is 3.40. The van der Waals surface area contributed by atoms with Crippen molar-refractivity contribution in [3.63, 3.8) is 0 Å². The lowest BCUT2D eigenvalue weighted by atomic mass is 9.82. The average molecular weight is 271 g/mol. The van der Waals surface area contributed by atoms with E-state index in [0.717, 1.165) is 37.2 Å². The van der Waals surface area contributed by atoms with Gasteiger partial charge in [0, 0.05) is 24.8 Å². The highest BCUT2D eigenvalue weighted by Crippen LogP contribution is 2.41. The first-order valence-electron chi connectivity index (χ1n) is 7.16. The number of piperidine rings is 1. The maximum atomic E-state index is 11.7. The zero-order chi connectivity index (χ0) is 13.9. The SMILES string of the molecule is NC1CCN(c2ccc3c(c2)CC2C(=O)N3C2=O)CC1. The Kier molecular flexibility index (Phi) is 2.41. The summed E-state index contributed by atoms with van der Waals surface area (Å²) in [7, 11) is 0. The van der Waals surface area contributed by atoms with Gasteiger partial charge in [-0.15, -0.1) is 0 Å². The highest BCUT2D eigenvalue weighted by atomic mass is 16.2. The third-order valence-electron chi connectivity index (χ3n) is 4.67. The van der Waals surface area contributed by atoms with Crippen LogP contribution in [0.3, 0.4) is 0 Å². The van der Waals surface area contributed by atoms with E-state index in [1.54, 1.807) is 0 Å². The minimum Gasteiger partial charge on any atom is -0.371 e. The number of hydrogen-bond donors (Lipinski definition) is 1. The van der Waals surface area contributed by atoms with Crippen LogP contribution in [-0.2, 0) is 16.0 Å². The predicted octanol–water partition coefficient (Wildman–Crippen LogP) is 0.660. The third kappa shape index (κ3) is 1.53. The van der Waals surface area contributed by atoms with Crippen molar-refractivity contribution >= 4 is 23.2 Å². The van der Waals surface area contributed by atoms with Crippen LogP contribution >= 0.6 is 0 Å². The van der Waals surface area contributed by atoms with Crippen LogP contribution in [0.4, 0.5) is 11.4 Å². The molecule has 4 heterocycles. The lowest BCUT2D eigenvalue weighted by Gasteiger charge is -2.42. The number of benzene rings is 1. The molecule has 2 saturated heterocycles. The second-order valence-electron chi connectivity index (χ2n) is 5.91. The molecule has 0 atom stereocenters. The van der Waals surface area contributed by atoms with Crippen LogP contribution in [0, 0.1) is 5.92 Å². The van der Waals surface area contributed by atoms with Crippen molar-refractivity contribution in [2.45, 2.75) is 25.3 Å². The van der Waals surface area contributed by atoms with Gasteiger partial charge in [0.1, 0.15) is 5.92 Å². The van der Waals surface area contributed by atoms with E-state index < -0.39 is 5.92 Å². The van der Waals surface area contributed by atoms with Crippen molar-refractivity contribution in [2.75, 3.05) is 22.9 Å². The largest absolute Gasteiger partial charge is 0.371 e. The minimum atomic E-state index is -0.424. The number of nitrogens with two attached hydrogens (primary N) is 1. The number of anilines is 2. The second kappa shape index (κ2) is 4.06. The number of carbonyl (C=O) groups excluding carboxylic acids is 2. The van der Waals surface area contributed by atoms with Gasteiger partial charge in [0.05, 0.1) is 5.69 Å². The Morgan fingerprint density at radius 3 is 2.50 bits per heavy atom. The number of β-lactam (4-membered cyclic amide) rings is 2. The van der Waals surface area contributed by atoms with Crippen LogP contribution in [-0.4, -0.2) is 30.9 Å². The molecule has 0 aliphatic carbocycles. The van der Waals surface area contributed by atoms with Gasteiger partial charge in [-0.3, -0.25) is 9.59 Å². The molecular formula is C15H17N3O2. The first-order valence-corrected chi connectivity index (χ1v) is 7.16. The van der Waals surface area contributed by atoms with E-state index in [4.69, 9.17) is 5.73 Å². The predicted molar refractivity (Wildman–Crippen MR) is 75.6 cm³/mol. The Morgan fingerprint density at radius 1 is 1.10 bits per heavy atom. The smallest absolute Gasteiger partial charge is 0.246 e. The van der Waals surface area contributed by atoms with Gasteiger partial charge >= 0.3 is 0 Å². The normalized spacial score (nSPS) is 22.9. The average Bonchev–Trinajstić information content (AvgIpc) is 2.48. The molecule has 20 heavy (non-hydrogen) atoms. The molecule has 1 aromatic carbocycles. The number of nitrogens with zero attached hydrogens (tertiary/aromatic N) is 2. The number of amides is 2. The molecule has 0 unspecified atom stereocenters. The summed E-state index contributed by atoms with van der Waals surface area (Å²) in [5.41, 5.74) is 9.00. The van der Waals surface area contributed by atoms with Crippen molar-refractivity contribution in [1.29, 1.82) is 0 Å². The van der Waals surface area contributed by atoms with E-state index in [2.05, 4.69) is 11.0 Å². The molecule has 5 rings (SSSR count). The zero-order valence-electron chi connectivity index (χ0n) is 11.2. The number of imide groups is 1. The second-order valence-corrected chi connectivity index (χ2v) is 5.91. The van der Waals surface area contributed by atoms with Gasteiger partial charge in [-0.1, -0.05) is 0 Å². The van der Waals surface area contributed by atoms with Gasteiger partial charge in [0.2, 0.25) is 11.8 Å². The van der Waals surface area contributed by atoms with E-state index in [0.29, 0.717) is 12.5 Å². The summed E-state index contributed by atoms with van der Waals surface area (Å²) in [6.45, 7) is 1.95. The van der Waals surface area contributed by atoms with E-state index in [1.807, 2.05) is 12.1 Å². The fraction of sp³-hybridized carbons (Fsp3) is 0.467. The first-order chi connectivity index (χ1) is 9.65. The molecule has 4 aliphatic heterocycles. The van der Waals surface area contributed by atoms with Crippen LogP contribution in [0.1, 0.15) is 18.4 Å². The Hall–Kier alpha value is -1.88. The van der Waals surface area contributed by atoms with Crippen molar-refractivity contribution < 1.29 is 9.59 Å². The monoisotopic (exact) mass is 271 g/mol. The Morgan fingerprint density at radius 2 is 1.80 bits per heavy atom. The van der Waals surface area contributed by atoms with Crippen LogP contribution < -0.4 is 15.5 Å². The molecule has 0 aromatic heterocycles. The fourth-order valence-electron chi connectivity index (χ4n) is 3.40. The summed E-state index contributed by atoms with van der Waals surface area (Å²) in [6, 6.07) is 6.36. The van der Waals surface area contributed by atoms with Gasteiger partial charge in [-0.25, -0.2) is 4.90 Å². The third-order valence-corrected chi connectivity index (χ3v) is 4.67. The molecule has 0 radical (unpaired) electrons. The maximum absolute atomic E-state index is 11.7. The van der Waals surface area contributed by atoms with Crippen molar-refractivity contribution in [3.05, 3.63) is 23.8 Å². The summed E-state index contributed by atoms with van der Waals surface area (Å²) in [4.78, 5) is 27.1. The number of carbonyl (C=O) groups is 2. The van der Waals surface area contributed by atoms with Gasteiger partial charge in [0.25, 0.3) is 0 Å². The van der Waals surface area contributed by atoms with E-state index in [9.17, 15) is 9.59 Å². The van der Waals surface area contributed by atoms with Gasteiger partial charge in [-0.05, 0) is 43.0 Å². The molecule has 104 valence electrons. The Balaban J connectivity index is 1.63. The maximum Gasteiger partial charge on any atom is 0.246 e. The molecular weight excluding hydrogens is 254 g/mol. The van der Waals surface area contributed by atoms with Gasteiger partial charge in [0.15, 0.2) is 0 Å². The van der Waals surface area contributed by atoms with Gasteiger partial charge in [-0.2, -0.15) is 0 Å². The molecule has 4 aliphatic rings. The molecule has 2 bridgehead atoms. The Bertz CT molecular complexity index is 589. The van der Waals surface area contributed by atoms with Crippen LogP contribution in [0.25, 0.3) is 0 Å². The molecule has 2 amide bonds. The van der Waals surface area contributed by atoms with E-state index in [-0.39, 0.29) is 11.8 Å².